The molecule has 2 amide bonds. The second-order valence-electron chi connectivity index (χ2n) is 7.94. The minimum atomic E-state index is -0.306. The summed E-state index contributed by atoms with van der Waals surface area (Å²) in [6, 6.07) is 26.1. The van der Waals surface area contributed by atoms with Crippen molar-refractivity contribution in [3.8, 4) is 11.5 Å². The number of amides is 2. The quantitative estimate of drug-likeness (QED) is 0.561. The van der Waals surface area contributed by atoms with E-state index in [1.807, 2.05) is 72.8 Å². The first-order valence-corrected chi connectivity index (χ1v) is 11.0. The highest BCUT2D eigenvalue weighted by Gasteiger charge is 2.28. The van der Waals surface area contributed by atoms with Crippen molar-refractivity contribution < 1.29 is 14.3 Å². The highest BCUT2D eigenvalue weighted by atomic mass is 16.5. The van der Waals surface area contributed by atoms with E-state index in [2.05, 4.69) is 0 Å². The van der Waals surface area contributed by atoms with E-state index >= 15 is 0 Å². The Balaban J connectivity index is 1.63. The number of hydrogen-bond donors (Lipinski definition) is 1. The summed E-state index contributed by atoms with van der Waals surface area (Å²) in [6.45, 7) is 1.01. The van der Waals surface area contributed by atoms with Gasteiger partial charge in [-0.05, 0) is 42.3 Å². The molecule has 1 aliphatic rings. The molecular weight excluding hydrogens is 414 g/mol. The molecule has 1 atom stereocenters. The van der Waals surface area contributed by atoms with E-state index < -0.39 is 0 Å². The molecule has 168 valence electrons. The lowest BCUT2D eigenvalue weighted by molar-refractivity contribution is -0.130. The molecule has 33 heavy (non-hydrogen) atoms. The molecular formula is C27H27N3O3. The number of para-hydroxylation sites is 3. The Morgan fingerprint density at radius 1 is 0.970 bits per heavy atom. The molecule has 6 heteroatoms. The molecule has 1 heterocycles. The van der Waals surface area contributed by atoms with E-state index in [9.17, 15) is 9.59 Å². The van der Waals surface area contributed by atoms with E-state index in [1.165, 1.54) is 11.0 Å². The summed E-state index contributed by atoms with van der Waals surface area (Å²) in [5.74, 6) is 0.698. The Hall–Kier alpha value is -3.90. The zero-order valence-corrected chi connectivity index (χ0v) is 18.3. The van der Waals surface area contributed by atoms with Gasteiger partial charge in [0.15, 0.2) is 5.75 Å². The Morgan fingerprint density at radius 3 is 2.33 bits per heavy atom. The van der Waals surface area contributed by atoms with Gasteiger partial charge < -0.3 is 15.4 Å². The summed E-state index contributed by atoms with van der Waals surface area (Å²) >= 11 is 0. The molecule has 0 spiro atoms. The summed E-state index contributed by atoms with van der Waals surface area (Å²) in [6.07, 6.45) is 3.99. The number of hydrogen-bond acceptors (Lipinski definition) is 4. The van der Waals surface area contributed by atoms with Crippen molar-refractivity contribution >= 4 is 23.6 Å². The van der Waals surface area contributed by atoms with Gasteiger partial charge in [0.2, 0.25) is 5.91 Å². The van der Waals surface area contributed by atoms with Crippen LogP contribution in [0.4, 0.5) is 5.69 Å². The van der Waals surface area contributed by atoms with E-state index in [0.29, 0.717) is 30.3 Å². The van der Waals surface area contributed by atoms with Gasteiger partial charge >= 0.3 is 0 Å². The largest absolute Gasteiger partial charge is 0.455 e. The molecule has 4 rings (SSSR count). The summed E-state index contributed by atoms with van der Waals surface area (Å²) in [5, 5.41) is 0. The van der Waals surface area contributed by atoms with Crippen LogP contribution < -0.4 is 15.4 Å². The molecule has 0 saturated carbocycles. The third kappa shape index (κ3) is 5.87. The fourth-order valence-corrected chi connectivity index (χ4v) is 3.73. The van der Waals surface area contributed by atoms with E-state index in [0.717, 1.165) is 12.0 Å². The van der Waals surface area contributed by atoms with Crippen LogP contribution in [0, 0.1) is 0 Å². The maximum absolute atomic E-state index is 13.3. The molecule has 1 aliphatic heterocycles. The molecule has 0 aromatic heterocycles. The van der Waals surface area contributed by atoms with Crippen molar-refractivity contribution in [1.29, 1.82) is 0 Å². The first kappa shape index (κ1) is 22.3. The predicted molar refractivity (Wildman–Crippen MR) is 130 cm³/mol. The van der Waals surface area contributed by atoms with E-state index in [1.54, 1.807) is 23.1 Å². The van der Waals surface area contributed by atoms with Crippen LogP contribution in [0.2, 0.25) is 0 Å². The van der Waals surface area contributed by atoms with Gasteiger partial charge in [-0.1, -0.05) is 60.7 Å². The molecule has 1 saturated heterocycles. The van der Waals surface area contributed by atoms with Gasteiger partial charge in [0, 0.05) is 25.2 Å². The van der Waals surface area contributed by atoms with Crippen molar-refractivity contribution in [2.24, 2.45) is 5.73 Å². The zero-order valence-electron chi connectivity index (χ0n) is 18.3. The van der Waals surface area contributed by atoms with Crippen LogP contribution in [0.15, 0.2) is 91.0 Å². The summed E-state index contributed by atoms with van der Waals surface area (Å²) < 4.78 is 6.06. The van der Waals surface area contributed by atoms with E-state index in [-0.39, 0.29) is 24.4 Å². The number of likely N-dealkylation sites (tertiary alicyclic amines) is 1. The van der Waals surface area contributed by atoms with Crippen LogP contribution in [0.25, 0.3) is 6.08 Å². The molecule has 1 fully saturated rings. The Bertz CT molecular complexity index is 1120. The minimum Gasteiger partial charge on any atom is -0.455 e. The molecule has 3 aromatic rings. The summed E-state index contributed by atoms with van der Waals surface area (Å²) in [4.78, 5) is 29.5. The van der Waals surface area contributed by atoms with Crippen LogP contribution in [0.1, 0.15) is 12.0 Å². The van der Waals surface area contributed by atoms with Crippen molar-refractivity contribution in [1.82, 2.24) is 4.90 Å². The number of carbonyl (C=O) groups is 2. The first-order chi connectivity index (χ1) is 16.1. The number of ether oxygens (including phenoxy) is 1. The van der Waals surface area contributed by atoms with Crippen LogP contribution in [-0.4, -0.2) is 42.4 Å². The lowest BCUT2D eigenvalue weighted by atomic mass is 10.2. The number of nitrogens with zero attached hydrogens (tertiary/aromatic N) is 2. The topological polar surface area (TPSA) is 75.9 Å². The van der Waals surface area contributed by atoms with Crippen LogP contribution in [0.3, 0.4) is 0 Å². The maximum Gasteiger partial charge on any atom is 0.251 e. The normalized spacial score (nSPS) is 15.5. The predicted octanol–water partition coefficient (Wildman–Crippen LogP) is 4.08. The molecule has 3 aromatic carbocycles. The van der Waals surface area contributed by atoms with Gasteiger partial charge in [-0.3, -0.25) is 14.5 Å². The monoisotopic (exact) mass is 441 g/mol. The van der Waals surface area contributed by atoms with Crippen molar-refractivity contribution in [2.75, 3.05) is 24.5 Å². The number of anilines is 1. The molecule has 0 radical (unpaired) electrons. The van der Waals surface area contributed by atoms with Crippen LogP contribution in [0.5, 0.6) is 11.5 Å². The lowest BCUT2D eigenvalue weighted by Crippen LogP contribution is -2.42. The standard InChI is InChI=1S/C27H27N3O3/c28-22-17-18-29(19-22)27(32)20-30(26(31)16-15-21-9-3-1-4-10-21)24-13-7-8-14-25(24)33-23-11-5-2-6-12-23/h1-16,22H,17-20,28H2. The lowest BCUT2D eigenvalue weighted by Gasteiger charge is -2.26. The Kier molecular flexibility index (Phi) is 7.17. The smallest absolute Gasteiger partial charge is 0.251 e. The van der Waals surface area contributed by atoms with E-state index in [4.69, 9.17) is 10.5 Å². The van der Waals surface area contributed by atoms with Crippen LogP contribution >= 0.6 is 0 Å². The van der Waals surface area contributed by atoms with Gasteiger partial charge in [-0.15, -0.1) is 0 Å². The number of nitrogens with two attached hydrogens (primary N) is 1. The fraction of sp³-hybridized carbons (Fsp3) is 0.185. The van der Waals surface area contributed by atoms with Gasteiger partial charge in [0.25, 0.3) is 5.91 Å². The second kappa shape index (κ2) is 10.6. The second-order valence-corrected chi connectivity index (χ2v) is 7.94. The minimum absolute atomic E-state index is 0.0234. The third-order valence-corrected chi connectivity index (χ3v) is 5.48. The molecule has 6 nitrogen and oxygen atoms in total. The zero-order chi connectivity index (χ0) is 23.0. The van der Waals surface area contributed by atoms with Gasteiger partial charge in [-0.2, -0.15) is 0 Å². The maximum atomic E-state index is 13.3. The Labute approximate surface area is 193 Å². The fourth-order valence-electron chi connectivity index (χ4n) is 3.73. The molecule has 2 N–H and O–H groups in total. The average molecular weight is 442 g/mol. The van der Waals surface area contributed by atoms with Crippen LogP contribution in [-0.2, 0) is 9.59 Å². The summed E-state index contributed by atoms with van der Waals surface area (Å²) in [7, 11) is 0. The molecule has 0 bridgehead atoms. The number of benzene rings is 3. The number of carbonyl (C=O) groups excluding carboxylic acids is 2. The van der Waals surface area contributed by atoms with Gasteiger partial charge in [-0.25, -0.2) is 0 Å². The van der Waals surface area contributed by atoms with Gasteiger partial charge in [0.1, 0.15) is 12.3 Å². The highest BCUT2D eigenvalue weighted by Crippen LogP contribution is 2.32. The third-order valence-electron chi connectivity index (χ3n) is 5.48. The first-order valence-electron chi connectivity index (χ1n) is 11.0. The highest BCUT2D eigenvalue weighted by molar-refractivity contribution is 6.07. The number of rotatable bonds is 7. The van der Waals surface area contributed by atoms with Crippen molar-refractivity contribution in [3.05, 3.63) is 96.6 Å². The van der Waals surface area contributed by atoms with Gasteiger partial charge in [0.05, 0.1) is 5.69 Å². The molecule has 1 unspecified atom stereocenters. The Morgan fingerprint density at radius 2 is 1.64 bits per heavy atom. The van der Waals surface area contributed by atoms with Crippen molar-refractivity contribution in [2.45, 2.75) is 12.5 Å². The molecule has 0 aliphatic carbocycles. The SMILES string of the molecule is NC1CCN(C(=O)CN(C(=O)C=Cc2ccccc2)c2ccccc2Oc2ccccc2)C1. The average Bonchev–Trinajstić information content (AvgIpc) is 3.29. The van der Waals surface area contributed by atoms with Crippen molar-refractivity contribution in [3.63, 3.8) is 0 Å². The summed E-state index contributed by atoms with van der Waals surface area (Å²) in [5.41, 5.74) is 7.41.